The Morgan fingerprint density at radius 1 is 1.45 bits per heavy atom. The maximum absolute atomic E-state index is 12.2. The second-order valence-corrected chi connectivity index (χ2v) is 6.04. The van der Waals surface area contributed by atoms with Crippen LogP contribution in [0.15, 0.2) is 29.2 Å². The van der Waals surface area contributed by atoms with E-state index in [0.717, 1.165) is 13.0 Å². The van der Waals surface area contributed by atoms with Gasteiger partial charge in [0.25, 0.3) is 0 Å². The van der Waals surface area contributed by atoms with Crippen molar-refractivity contribution < 1.29 is 17.9 Å². The maximum Gasteiger partial charge on any atom is 0.337 e. The Bertz CT molecular complexity index is 571. The Kier molecular flexibility index (Phi) is 5.94. The van der Waals surface area contributed by atoms with Gasteiger partial charge in [0.1, 0.15) is 0 Å². The molecule has 0 spiro atoms. The SMILES string of the molecule is COC(=O)c1cccc(S(=O)(=O)NC2CCNC2)c1.Cl. The molecule has 1 aliphatic heterocycles. The van der Waals surface area contributed by atoms with Crippen LogP contribution >= 0.6 is 12.4 Å². The van der Waals surface area contributed by atoms with Crippen molar-refractivity contribution in [2.24, 2.45) is 0 Å². The van der Waals surface area contributed by atoms with Gasteiger partial charge in [0.15, 0.2) is 0 Å². The van der Waals surface area contributed by atoms with Crippen molar-refractivity contribution in [2.45, 2.75) is 17.4 Å². The lowest BCUT2D eigenvalue weighted by atomic mass is 10.2. The van der Waals surface area contributed by atoms with Crippen molar-refractivity contribution in [3.8, 4) is 0 Å². The lowest BCUT2D eigenvalue weighted by Crippen LogP contribution is -2.36. The number of ether oxygens (including phenoxy) is 1. The number of benzene rings is 1. The van der Waals surface area contributed by atoms with Crippen molar-refractivity contribution in [1.82, 2.24) is 10.0 Å². The zero-order valence-corrected chi connectivity index (χ0v) is 12.6. The van der Waals surface area contributed by atoms with E-state index in [9.17, 15) is 13.2 Å². The summed E-state index contributed by atoms with van der Waals surface area (Å²) in [5, 5.41) is 3.08. The largest absolute Gasteiger partial charge is 0.465 e. The highest BCUT2D eigenvalue weighted by Gasteiger charge is 2.23. The molecule has 1 heterocycles. The highest BCUT2D eigenvalue weighted by atomic mass is 35.5. The molecular weight excluding hydrogens is 304 g/mol. The van der Waals surface area contributed by atoms with Crippen molar-refractivity contribution >= 4 is 28.4 Å². The molecule has 1 unspecified atom stereocenters. The summed E-state index contributed by atoms with van der Waals surface area (Å²) < 4.78 is 31.5. The monoisotopic (exact) mass is 320 g/mol. The zero-order chi connectivity index (χ0) is 13.9. The number of methoxy groups -OCH3 is 1. The van der Waals surface area contributed by atoms with Gasteiger partial charge in [-0.1, -0.05) is 6.07 Å². The third kappa shape index (κ3) is 3.92. The van der Waals surface area contributed by atoms with Crippen LogP contribution in [-0.4, -0.2) is 40.6 Å². The molecule has 1 aromatic rings. The van der Waals surface area contributed by atoms with Crippen LogP contribution in [0.25, 0.3) is 0 Å². The number of carbonyl (C=O) groups excluding carboxylic acids is 1. The van der Waals surface area contributed by atoms with Gasteiger partial charge in [-0.25, -0.2) is 17.9 Å². The van der Waals surface area contributed by atoms with Crippen LogP contribution < -0.4 is 10.0 Å². The molecule has 2 rings (SSSR count). The minimum atomic E-state index is -3.61. The van der Waals surface area contributed by atoms with Crippen molar-refractivity contribution in [3.05, 3.63) is 29.8 Å². The van der Waals surface area contributed by atoms with E-state index in [1.165, 1.54) is 31.4 Å². The number of sulfonamides is 1. The molecule has 1 aliphatic rings. The number of rotatable bonds is 4. The van der Waals surface area contributed by atoms with Crippen LogP contribution in [0.4, 0.5) is 0 Å². The average molecular weight is 321 g/mol. The van der Waals surface area contributed by atoms with E-state index >= 15 is 0 Å². The van der Waals surface area contributed by atoms with Crippen LogP contribution in [0.5, 0.6) is 0 Å². The summed E-state index contributed by atoms with van der Waals surface area (Å²) in [7, 11) is -2.35. The molecule has 6 nitrogen and oxygen atoms in total. The minimum Gasteiger partial charge on any atom is -0.465 e. The topological polar surface area (TPSA) is 84.5 Å². The predicted molar refractivity (Wildman–Crippen MR) is 76.6 cm³/mol. The van der Waals surface area contributed by atoms with Crippen LogP contribution in [0.1, 0.15) is 16.8 Å². The van der Waals surface area contributed by atoms with E-state index < -0.39 is 16.0 Å². The fourth-order valence-corrected chi connectivity index (χ4v) is 3.27. The zero-order valence-electron chi connectivity index (χ0n) is 11.0. The normalized spacial score (nSPS) is 18.4. The number of carbonyl (C=O) groups is 1. The first-order valence-corrected chi connectivity index (χ1v) is 7.42. The molecule has 112 valence electrons. The molecule has 0 amide bonds. The summed E-state index contributed by atoms with van der Waals surface area (Å²) in [4.78, 5) is 11.5. The fraction of sp³-hybridized carbons (Fsp3) is 0.417. The summed E-state index contributed by atoms with van der Waals surface area (Å²) in [5.74, 6) is -0.556. The Balaban J connectivity index is 0.00000200. The average Bonchev–Trinajstić information content (AvgIpc) is 2.90. The van der Waals surface area contributed by atoms with Gasteiger partial charge in [0.05, 0.1) is 17.6 Å². The molecular formula is C12H17ClN2O4S. The molecule has 0 saturated carbocycles. The Labute approximate surface area is 124 Å². The molecule has 0 aliphatic carbocycles. The lowest BCUT2D eigenvalue weighted by molar-refractivity contribution is 0.0600. The molecule has 20 heavy (non-hydrogen) atoms. The highest BCUT2D eigenvalue weighted by Crippen LogP contribution is 2.14. The molecule has 0 bridgehead atoms. The van der Waals surface area contributed by atoms with Crippen LogP contribution in [0.3, 0.4) is 0 Å². The van der Waals surface area contributed by atoms with E-state index in [2.05, 4.69) is 14.8 Å². The van der Waals surface area contributed by atoms with Crippen molar-refractivity contribution in [1.29, 1.82) is 0 Å². The highest BCUT2D eigenvalue weighted by molar-refractivity contribution is 7.89. The standard InChI is InChI=1S/C12H16N2O4S.ClH/c1-18-12(15)9-3-2-4-11(7-9)19(16,17)14-10-5-6-13-8-10;/h2-4,7,10,13-14H,5-6,8H2,1H3;1H. The van der Waals surface area contributed by atoms with E-state index in [1.54, 1.807) is 0 Å². The second-order valence-electron chi connectivity index (χ2n) is 4.33. The van der Waals surface area contributed by atoms with Gasteiger partial charge in [-0.15, -0.1) is 12.4 Å². The van der Waals surface area contributed by atoms with Gasteiger partial charge in [0.2, 0.25) is 10.0 Å². The van der Waals surface area contributed by atoms with Crippen LogP contribution in [0.2, 0.25) is 0 Å². The van der Waals surface area contributed by atoms with E-state index in [1.807, 2.05) is 0 Å². The van der Waals surface area contributed by atoms with Gasteiger partial charge >= 0.3 is 5.97 Å². The summed E-state index contributed by atoms with van der Waals surface area (Å²) in [5.41, 5.74) is 0.218. The number of hydrogen-bond donors (Lipinski definition) is 2. The van der Waals surface area contributed by atoms with Gasteiger partial charge in [0, 0.05) is 12.6 Å². The first-order valence-electron chi connectivity index (χ1n) is 5.94. The third-order valence-corrected chi connectivity index (χ3v) is 4.47. The molecule has 0 radical (unpaired) electrons. The number of halogens is 1. The molecule has 2 N–H and O–H groups in total. The van der Waals surface area contributed by atoms with Crippen molar-refractivity contribution in [3.63, 3.8) is 0 Å². The minimum absolute atomic E-state index is 0. The van der Waals surface area contributed by atoms with Crippen molar-refractivity contribution in [2.75, 3.05) is 20.2 Å². The molecule has 1 fully saturated rings. The molecule has 0 aromatic heterocycles. The van der Waals surface area contributed by atoms with E-state index in [0.29, 0.717) is 6.54 Å². The fourth-order valence-electron chi connectivity index (χ4n) is 1.95. The first-order chi connectivity index (χ1) is 9.03. The van der Waals surface area contributed by atoms with Gasteiger partial charge in [-0.3, -0.25) is 0 Å². The van der Waals surface area contributed by atoms with Crippen LogP contribution in [0, 0.1) is 0 Å². The summed E-state index contributed by atoms with van der Waals surface area (Å²) in [6, 6.07) is 5.70. The van der Waals surface area contributed by atoms with E-state index in [4.69, 9.17) is 0 Å². The van der Waals surface area contributed by atoms with Gasteiger partial charge in [-0.05, 0) is 31.2 Å². The van der Waals surface area contributed by atoms with E-state index in [-0.39, 0.29) is 28.9 Å². The quantitative estimate of drug-likeness (QED) is 0.791. The Hall–Kier alpha value is -1.15. The number of nitrogens with one attached hydrogen (secondary N) is 2. The second kappa shape index (κ2) is 7.03. The molecule has 1 atom stereocenters. The maximum atomic E-state index is 12.2. The van der Waals surface area contributed by atoms with Gasteiger partial charge < -0.3 is 10.1 Å². The lowest BCUT2D eigenvalue weighted by Gasteiger charge is -2.12. The molecule has 8 heteroatoms. The summed E-state index contributed by atoms with van der Waals surface area (Å²) in [6.45, 7) is 1.42. The molecule has 1 saturated heterocycles. The smallest absolute Gasteiger partial charge is 0.337 e. The Morgan fingerprint density at radius 3 is 2.80 bits per heavy atom. The summed E-state index contributed by atoms with van der Waals surface area (Å²) >= 11 is 0. The number of esters is 1. The Morgan fingerprint density at radius 2 is 2.20 bits per heavy atom. The van der Waals surface area contributed by atoms with Crippen LogP contribution in [-0.2, 0) is 14.8 Å². The van der Waals surface area contributed by atoms with Gasteiger partial charge in [-0.2, -0.15) is 0 Å². The first kappa shape index (κ1) is 16.9. The summed E-state index contributed by atoms with van der Waals surface area (Å²) in [6.07, 6.45) is 0.760. The predicted octanol–water partition coefficient (Wildman–Crippen LogP) is 0.535. The molecule has 1 aromatic carbocycles. The third-order valence-electron chi connectivity index (χ3n) is 2.95. The number of hydrogen-bond acceptors (Lipinski definition) is 5.